The zero-order valence-electron chi connectivity index (χ0n) is 27.0. The van der Waals surface area contributed by atoms with Gasteiger partial charge in [-0.25, -0.2) is 0 Å². The summed E-state index contributed by atoms with van der Waals surface area (Å²) >= 11 is 1.86. The van der Waals surface area contributed by atoms with Crippen LogP contribution < -0.4 is 9.80 Å². The smallest absolute Gasteiger partial charge is 0.0476 e. The summed E-state index contributed by atoms with van der Waals surface area (Å²) in [6.07, 6.45) is 0. The van der Waals surface area contributed by atoms with E-state index in [0.29, 0.717) is 0 Å². The van der Waals surface area contributed by atoms with Gasteiger partial charge in [0.05, 0.1) is 0 Å². The molecule has 0 radical (unpaired) electrons. The fourth-order valence-electron chi connectivity index (χ4n) is 7.49. The monoisotopic (exact) mass is 634 g/mol. The number of hydrogen-bond acceptors (Lipinski definition) is 3. The van der Waals surface area contributed by atoms with E-state index in [4.69, 9.17) is 0 Å². The molecule has 1 aromatic heterocycles. The minimum Gasteiger partial charge on any atom is -0.310 e. The second-order valence-electron chi connectivity index (χ2n) is 13.0. The Morgan fingerprint density at radius 3 is 1.54 bits per heavy atom. The molecule has 0 fully saturated rings. The standard InChI is InChI=1S/C45H34N2S/c1-45(2)41-21-13-12-20-37(41)38-25-22-35(29-42(38)45)47(33-18-10-5-11-19-33)36-23-26-39-40-28-34(24-27-43(40)48-44(39)30-36)46(31-14-6-3-7-15-31)32-16-8-4-9-17-32/h3-30H,1-2H3. The van der Waals surface area contributed by atoms with Gasteiger partial charge in [0.25, 0.3) is 0 Å². The van der Waals surface area contributed by atoms with Gasteiger partial charge in [0, 0.05) is 59.7 Å². The van der Waals surface area contributed by atoms with Crippen molar-refractivity contribution in [3.63, 3.8) is 0 Å². The zero-order chi connectivity index (χ0) is 32.2. The summed E-state index contributed by atoms with van der Waals surface area (Å²) in [6, 6.07) is 61.7. The summed E-state index contributed by atoms with van der Waals surface area (Å²) in [4.78, 5) is 4.74. The Hall–Kier alpha value is -5.64. The molecule has 0 spiro atoms. The highest BCUT2D eigenvalue weighted by molar-refractivity contribution is 7.25. The molecule has 0 N–H and O–H groups in total. The molecule has 0 amide bonds. The normalized spacial score (nSPS) is 13.0. The molecule has 1 heterocycles. The van der Waals surface area contributed by atoms with Gasteiger partial charge < -0.3 is 9.80 Å². The third-order valence-electron chi connectivity index (χ3n) is 9.82. The van der Waals surface area contributed by atoms with Gasteiger partial charge in [0.2, 0.25) is 0 Å². The maximum absolute atomic E-state index is 2.41. The van der Waals surface area contributed by atoms with Crippen LogP contribution in [0.1, 0.15) is 25.0 Å². The van der Waals surface area contributed by atoms with Crippen molar-refractivity contribution in [2.45, 2.75) is 19.3 Å². The Balaban J connectivity index is 1.17. The van der Waals surface area contributed by atoms with Gasteiger partial charge in [-0.1, -0.05) is 105 Å². The number of thiophene rings is 1. The minimum absolute atomic E-state index is 0.0647. The molecule has 0 saturated carbocycles. The van der Waals surface area contributed by atoms with Crippen molar-refractivity contribution >= 4 is 65.6 Å². The SMILES string of the molecule is CC1(C)c2ccccc2-c2ccc(N(c3ccccc3)c3ccc4c(c3)sc3ccc(N(c5ccccc5)c5ccccc5)cc34)cc21. The summed E-state index contributed by atoms with van der Waals surface area (Å²) in [7, 11) is 0. The van der Waals surface area contributed by atoms with Crippen LogP contribution >= 0.6 is 11.3 Å². The Bertz CT molecular complexity index is 2390. The van der Waals surface area contributed by atoms with Crippen LogP contribution in [0.5, 0.6) is 0 Å². The van der Waals surface area contributed by atoms with Crippen LogP contribution in [0.4, 0.5) is 34.1 Å². The summed E-state index contributed by atoms with van der Waals surface area (Å²) in [6.45, 7) is 4.70. The number of rotatable bonds is 6. The number of para-hydroxylation sites is 3. The largest absolute Gasteiger partial charge is 0.310 e. The fraction of sp³-hybridized carbons (Fsp3) is 0.0667. The van der Waals surface area contributed by atoms with Crippen LogP contribution in [0.2, 0.25) is 0 Å². The van der Waals surface area contributed by atoms with Gasteiger partial charge in [0.1, 0.15) is 0 Å². The van der Waals surface area contributed by atoms with Gasteiger partial charge in [0.15, 0.2) is 0 Å². The molecule has 230 valence electrons. The highest BCUT2D eigenvalue weighted by atomic mass is 32.1. The molecule has 0 aliphatic heterocycles. The van der Waals surface area contributed by atoms with Crippen molar-refractivity contribution in [1.82, 2.24) is 0 Å². The first-order valence-corrected chi connectivity index (χ1v) is 17.3. The Labute approximate surface area is 285 Å². The lowest BCUT2D eigenvalue weighted by atomic mass is 9.82. The molecule has 1 aliphatic carbocycles. The van der Waals surface area contributed by atoms with Crippen LogP contribution in [0.25, 0.3) is 31.3 Å². The average Bonchev–Trinajstić information content (AvgIpc) is 3.61. The summed E-state index contributed by atoms with van der Waals surface area (Å²) in [5.41, 5.74) is 12.3. The van der Waals surface area contributed by atoms with Crippen LogP contribution in [-0.4, -0.2) is 0 Å². The van der Waals surface area contributed by atoms with Crippen molar-refractivity contribution in [3.8, 4) is 11.1 Å². The molecule has 48 heavy (non-hydrogen) atoms. The molecule has 0 saturated heterocycles. The second kappa shape index (κ2) is 11.3. The lowest BCUT2D eigenvalue weighted by Gasteiger charge is -2.28. The van der Waals surface area contributed by atoms with E-state index >= 15 is 0 Å². The molecule has 0 atom stereocenters. The lowest BCUT2D eigenvalue weighted by molar-refractivity contribution is 0.660. The molecule has 0 unspecified atom stereocenters. The van der Waals surface area contributed by atoms with Crippen LogP contribution in [-0.2, 0) is 5.41 Å². The maximum atomic E-state index is 2.41. The van der Waals surface area contributed by atoms with E-state index in [1.165, 1.54) is 48.1 Å². The highest BCUT2D eigenvalue weighted by Crippen LogP contribution is 2.51. The molecule has 0 bridgehead atoms. The zero-order valence-corrected chi connectivity index (χ0v) is 27.8. The third kappa shape index (κ3) is 4.62. The van der Waals surface area contributed by atoms with Gasteiger partial charge in [-0.15, -0.1) is 11.3 Å². The van der Waals surface area contributed by atoms with E-state index in [9.17, 15) is 0 Å². The van der Waals surface area contributed by atoms with Crippen LogP contribution in [0.3, 0.4) is 0 Å². The topological polar surface area (TPSA) is 6.48 Å². The molecular weight excluding hydrogens is 601 g/mol. The summed E-state index contributed by atoms with van der Waals surface area (Å²) in [5, 5.41) is 2.56. The maximum Gasteiger partial charge on any atom is 0.0476 e. The summed E-state index contributed by atoms with van der Waals surface area (Å²) < 4.78 is 2.57. The molecule has 7 aromatic carbocycles. The van der Waals surface area contributed by atoms with Crippen molar-refractivity contribution in [1.29, 1.82) is 0 Å². The molecule has 1 aliphatic rings. The third-order valence-corrected chi connectivity index (χ3v) is 11.0. The number of benzene rings is 7. The second-order valence-corrected chi connectivity index (χ2v) is 14.1. The van der Waals surface area contributed by atoms with Gasteiger partial charge in [-0.05, 0) is 101 Å². The molecular formula is C45H34N2S. The van der Waals surface area contributed by atoms with E-state index in [0.717, 1.165) is 28.4 Å². The van der Waals surface area contributed by atoms with Gasteiger partial charge in [-0.3, -0.25) is 0 Å². The molecule has 3 heteroatoms. The minimum atomic E-state index is -0.0647. The molecule has 8 aromatic rings. The van der Waals surface area contributed by atoms with Crippen molar-refractivity contribution in [2.24, 2.45) is 0 Å². The van der Waals surface area contributed by atoms with E-state index in [2.05, 4.69) is 194 Å². The number of anilines is 6. The van der Waals surface area contributed by atoms with Crippen molar-refractivity contribution in [2.75, 3.05) is 9.80 Å². The number of hydrogen-bond donors (Lipinski definition) is 0. The van der Waals surface area contributed by atoms with E-state index in [1.54, 1.807) is 0 Å². The first kappa shape index (κ1) is 28.6. The van der Waals surface area contributed by atoms with E-state index in [-0.39, 0.29) is 5.41 Å². The first-order chi connectivity index (χ1) is 23.6. The predicted molar refractivity (Wildman–Crippen MR) is 206 cm³/mol. The summed E-state index contributed by atoms with van der Waals surface area (Å²) in [5.74, 6) is 0. The first-order valence-electron chi connectivity index (χ1n) is 16.5. The predicted octanol–water partition coefficient (Wildman–Crippen LogP) is 13.3. The van der Waals surface area contributed by atoms with Crippen molar-refractivity contribution < 1.29 is 0 Å². The van der Waals surface area contributed by atoms with E-state index in [1.807, 2.05) is 11.3 Å². The Morgan fingerprint density at radius 2 is 0.875 bits per heavy atom. The van der Waals surface area contributed by atoms with Crippen molar-refractivity contribution in [3.05, 3.63) is 181 Å². The molecule has 2 nitrogen and oxygen atoms in total. The van der Waals surface area contributed by atoms with Crippen LogP contribution in [0, 0.1) is 0 Å². The molecule has 9 rings (SSSR count). The number of fused-ring (bicyclic) bond motifs is 6. The van der Waals surface area contributed by atoms with Crippen LogP contribution in [0.15, 0.2) is 170 Å². The number of nitrogens with zero attached hydrogens (tertiary/aromatic N) is 2. The lowest BCUT2D eigenvalue weighted by Crippen LogP contribution is -2.16. The Morgan fingerprint density at radius 1 is 0.375 bits per heavy atom. The van der Waals surface area contributed by atoms with E-state index < -0.39 is 0 Å². The highest BCUT2D eigenvalue weighted by Gasteiger charge is 2.35. The van der Waals surface area contributed by atoms with Gasteiger partial charge in [-0.2, -0.15) is 0 Å². The quantitative estimate of drug-likeness (QED) is 0.180. The average molecular weight is 635 g/mol. The fourth-order valence-corrected chi connectivity index (χ4v) is 8.61. The Kier molecular flexibility index (Phi) is 6.70. The van der Waals surface area contributed by atoms with Gasteiger partial charge >= 0.3 is 0 Å².